The van der Waals surface area contributed by atoms with Gasteiger partial charge in [-0.15, -0.1) is 0 Å². The van der Waals surface area contributed by atoms with Crippen LogP contribution >= 0.6 is 0 Å². The van der Waals surface area contributed by atoms with E-state index in [1.807, 2.05) is 18.2 Å². The van der Waals surface area contributed by atoms with Crippen LogP contribution in [-0.2, 0) is 22.7 Å². The van der Waals surface area contributed by atoms with Crippen molar-refractivity contribution in [1.82, 2.24) is 5.01 Å². The number of nitrogens with zero attached hydrogens (tertiary/aromatic N) is 3. The summed E-state index contributed by atoms with van der Waals surface area (Å²) in [6.07, 6.45) is 1.53. The molecule has 0 unspecified atom stereocenters. The minimum Gasteiger partial charge on any atom is -0.733 e. The van der Waals surface area contributed by atoms with Crippen molar-refractivity contribution in [2.24, 2.45) is 5.10 Å². The van der Waals surface area contributed by atoms with Gasteiger partial charge in [-0.3, -0.25) is 10.0 Å². The van der Waals surface area contributed by atoms with Crippen LogP contribution in [0.3, 0.4) is 0 Å². The number of amides is 1. The molecular formula is C21H24N3O5-. The Kier molecular flexibility index (Phi) is 6.95. The number of ether oxygens (including phenoxy) is 2. The Hall–Kier alpha value is -2.78. The molecule has 1 amide bonds. The van der Waals surface area contributed by atoms with E-state index < -0.39 is 0 Å². The summed E-state index contributed by atoms with van der Waals surface area (Å²) < 4.78 is 10.5. The molecule has 0 saturated heterocycles. The number of anilines is 1. The van der Waals surface area contributed by atoms with Crippen LogP contribution < -0.4 is 5.23 Å². The molecule has 1 heterocycles. The number of hydrazone groups is 1. The lowest BCUT2D eigenvalue weighted by atomic mass is 9.99. The van der Waals surface area contributed by atoms with E-state index >= 15 is 0 Å². The van der Waals surface area contributed by atoms with Crippen LogP contribution in [-0.4, -0.2) is 42.6 Å². The summed E-state index contributed by atoms with van der Waals surface area (Å²) in [5.41, 5.74) is 4.10. The minimum atomic E-state index is -0.320. The van der Waals surface area contributed by atoms with Gasteiger partial charge in [0, 0.05) is 26.3 Å². The van der Waals surface area contributed by atoms with Gasteiger partial charge in [0.05, 0.1) is 24.6 Å². The van der Waals surface area contributed by atoms with Crippen molar-refractivity contribution in [2.45, 2.75) is 26.1 Å². The average molecular weight is 398 g/mol. The van der Waals surface area contributed by atoms with Crippen LogP contribution in [0.2, 0.25) is 0 Å². The minimum absolute atomic E-state index is 0.00463. The molecule has 0 saturated carbocycles. The first-order valence-corrected chi connectivity index (χ1v) is 9.29. The van der Waals surface area contributed by atoms with Crippen molar-refractivity contribution in [2.75, 3.05) is 26.0 Å². The average Bonchev–Trinajstić information content (AvgIpc) is 2.75. The molecule has 1 aliphatic heterocycles. The molecule has 0 radical (unpaired) electrons. The highest BCUT2D eigenvalue weighted by Crippen LogP contribution is 2.21. The quantitative estimate of drug-likeness (QED) is 0.719. The van der Waals surface area contributed by atoms with Crippen LogP contribution in [0, 0.1) is 5.21 Å². The van der Waals surface area contributed by atoms with Gasteiger partial charge < -0.3 is 19.9 Å². The molecule has 0 spiro atoms. The van der Waals surface area contributed by atoms with Gasteiger partial charge in [-0.05, 0) is 53.8 Å². The number of hydrogen-bond acceptors (Lipinski definition) is 7. The molecule has 154 valence electrons. The number of benzene rings is 2. The normalized spacial score (nSPS) is 13.9. The first-order valence-electron chi connectivity index (χ1n) is 9.29. The molecule has 8 nitrogen and oxygen atoms in total. The summed E-state index contributed by atoms with van der Waals surface area (Å²) in [5, 5.41) is 25.9. The molecule has 0 aromatic heterocycles. The number of carbonyl (C=O) groups excluding carboxylic acids is 1. The zero-order valence-electron chi connectivity index (χ0n) is 16.5. The van der Waals surface area contributed by atoms with Crippen molar-refractivity contribution >= 4 is 17.3 Å². The Balaban J connectivity index is 1.87. The molecule has 8 heteroatoms. The van der Waals surface area contributed by atoms with Crippen molar-refractivity contribution in [3.63, 3.8) is 0 Å². The monoisotopic (exact) mass is 398 g/mol. The van der Waals surface area contributed by atoms with Crippen LogP contribution in [0.4, 0.5) is 5.69 Å². The molecular weight excluding hydrogens is 374 g/mol. The standard InChI is InChI=1S/C21H24N3O5/c1-28-13-17-9-8-15(11-18(17)14-29-2)20-7-4-10-23(22-20)21(25)16-5-3-6-19(12-16)24(26)27/h3,5-6,8-9,11-12,26H,4,7,10,13-14H2,1-2H3/q-1. The van der Waals surface area contributed by atoms with Gasteiger partial charge in [0.15, 0.2) is 0 Å². The highest BCUT2D eigenvalue weighted by Gasteiger charge is 2.21. The van der Waals surface area contributed by atoms with E-state index in [2.05, 4.69) is 5.10 Å². The van der Waals surface area contributed by atoms with Gasteiger partial charge in [0.1, 0.15) is 0 Å². The van der Waals surface area contributed by atoms with E-state index in [4.69, 9.17) is 14.7 Å². The number of methoxy groups -OCH3 is 2. The maximum absolute atomic E-state index is 12.8. The Bertz CT molecular complexity index is 898. The fourth-order valence-corrected chi connectivity index (χ4v) is 3.29. The summed E-state index contributed by atoms with van der Waals surface area (Å²) in [6, 6.07) is 11.9. The van der Waals surface area contributed by atoms with E-state index in [0.29, 0.717) is 19.8 Å². The summed E-state index contributed by atoms with van der Waals surface area (Å²) in [5.74, 6) is -0.320. The van der Waals surface area contributed by atoms with E-state index in [0.717, 1.165) is 35.2 Å². The highest BCUT2D eigenvalue weighted by atomic mass is 16.8. The fraction of sp³-hybridized carbons (Fsp3) is 0.333. The number of carbonyl (C=O) groups is 1. The molecule has 0 aliphatic carbocycles. The van der Waals surface area contributed by atoms with E-state index in [1.54, 1.807) is 26.4 Å². The molecule has 3 rings (SSSR count). The van der Waals surface area contributed by atoms with E-state index in [9.17, 15) is 10.0 Å². The second kappa shape index (κ2) is 9.62. The lowest BCUT2D eigenvalue weighted by Crippen LogP contribution is -2.32. The topological polar surface area (TPSA) is 97.7 Å². The summed E-state index contributed by atoms with van der Waals surface area (Å²) in [7, 11) is 3.29. The molecule has 1 N–H and O–H groups in total. The lowest BCUT2D eigenvalue weighted by molar-refractivity contribution is 0.0751. The van der Waals surface area contributed by atoms with Crippen LogP contribution in [0.15, 0.2) is 47.6 Å². The first-order chi connectivity index (χ1) is 14.0. The molecule has 0 bridgehead atoms. The van der Waals surface area contributed by atoms with Crippen molar-refractivity contribution in [3.8, 4) is 0 Å². The third-order valence-electron chi connectivity index (χ3n) is 4.71. The second-order valence-corrected chi connectivity index (χ2v) is 6.75. The molecule has 0 atom stereocenters. The Morgan fingerprint density at radius 3 is 2.66 bits per heavy atom. The third kappa shape index (κ3) is 4.99. The van der Waals surface area contributed by atoms with Crippen LogP contribution in [0.5, 0.6) is 0 Å². The fourth-order valence-electron chi connectivity index (χ4n) is 3.29. The largest absolute Gasteiger partial charge is 0.733 e. The summed E-state index contributed by atoms with van der Waals surface area (Å²) >= 11 is 0. The second-order valence-electron chi connectivity index (χ2n) is 6.75. The van der Waals surface area contributed by atoms with Crippen molar-refractivity contribution in [1.29, 1.82) is 0 Å². The third-order valence-corrected chi connectivity index (χ3v) is 4.71. The zero-order chi connectivity index (χ0) is 20.8. The zero-order valence-corrected chi connectivity index (χ0v) is 16.5. The van der Waals surface area contributed by atoms with Gasteiger partial charge in [0.25, 0.3) is 5.91 Å². The molecule has 29 heavy (non-hydrogen) atoms. The SMILES string of the molecule is COCc1ccc(C2=NN(C(=O)c3cccc(N([O-])O)c3)CCC2)cc1COC. The molecule has 2 aromatic rings. The maximum Gasteiger partial charge on any atom is 0.274 e. The first kappa shape index (κ1) is 20.9. The molecule has 2 aromatic carbocycles. The number of hydrogen-bond donors (Lipinski definition) is 1. The predicted molar refractivity (Wildman–Crippen MR) is 109 cm³/mol. The molecule has 0 fully saturated rings. The van der Waals surface area contributed by atoms with Gasteiger partial charge in [0.2, 0.25) is 0 Å². The van der Waals surface area contributed by atoms with Crippen LogP contribution in [0.25, 0.3) is 0 Å². The van der Waals surface area contributed by atoms with E-state index in [-0.39, 0.29) is 22.4 Å². The predicted octanol–water partition coefficient (Wildman–Crippen LogP) is 3.31. The Labute approximate surface area is 169 Å². The van der Waals surface area contributed by atoms with Crippen LogP contribution in [0.1, 0.15) is 39.9 Å². The van der Waals surface area contributed by atoms with Gasteiger partial charge in [-0.25, -0.2) is 5.01 Å². The summed E-state index contributed by atoms with van der Waals surface area (Å²) in [4.78, 5) is 12.8. The van der Waals surface area contributed by atoms with E-state index in [1.165, 1.54) is 17.1 Å². The number of rotatable bonds is 7. The Morgan fingerprint density at radius 1 is 1.17 bits per heavy atom. The Morgan fingerprint density at radius 2 is 1.93 bits per heavy atom. The molecule has 1 aliphatic rings. The van der Waals surface area contributed by atoms with Gasteiger partial charge in [-0.2, -0.15) is 5.10 Å². The van der Waals surface area contributed by atoms with Crippen molar-refractivity contribution < 1.29 is 19.5 Å². The van der Waals surface area contributed by atoms with Gasteiger partial charge in [-0.1, -0.05) is 18.2 Å². The maximum atomic E-state index is 12.8. The van der Waals surface area contributed by atoms with Crippen molar-refractivity contribution in [3.05, 3.63) is 69.9 Å². The van der Waals surface area contributed by atoms with Gasteiger partial charge >= 0.3 is 0 Å². The summed E-state index contributed by atoms with van der Waals surface area (Å²) in [6.45, 7) is 1.44. The lowest BCUT2D eigenvalue weighted by Gasteiger charge is -2.25. The smallest absolute Gasteiger partial charge is 0.274 e. The highest BCUT2D eigenvalue weighted by molar-refractivity contribution is 6.03.